The molecule has 2 rings (SSSR count). The molecule has 13 heteroatoms. The van der Waals surface area contributed by atoms with Crippen molar-refractivity contribution in [3.8, 4) is 0 Å². The summed E-state index contributed by atoms with van der Waals surface area (Å²) in [5.74, 6) is -2.28. The van der Waals surface area contributed by atoms with Crippen molar-refractivity contribution in [3.05, 3.63) is 46.5 Å². The number of aliphatic hydroxyl groups excluding tert-OH is 1. The van der Waals surface area contributed by atoms with Crippen LogP contribution in [0.25, 0.3) is 0 Å². The highest BCUT2D eigenvalue weighted by Gasteiger charge is 2.24. The van der Waals surface area contributed by atoms with Crippen LogP contribution >= 0.6 is 23.4 Å². The molecule has 0 radical (unpaired) electrons. The van der Waals surface area contributed by atoms with Gasteiger partial charge in [-0.15, -0.1) is 0 Å². The van der Waals surface area contributed by atoms with Crippen molar-refractivity contribution in [3.63, 3.8) is 0 Å². The van der Waals surface area contributed by atoms with Crippen LogP contribution in [0.4, 0.5) is 5.82 Å². The zero-order valence-electron chi connectivity index (χ0n) is 21.5. The highest BCUT2D eigenvalue weighted by Crippen LogP contribution is 2.19. The first-order chi connectivity index (χ1) is 18.1. The Morgan fingerprint density at radius 2 is 2.08 bits per heavy atom. The molecule has 0 aliphatic carbocycles. The highest BCUT2D eigenvalue weighted by molar-refractivity contribution is 8.18. The van der Waals surface area contributed by atoms with Gasteiger partial charge in [-0.2, -0.15) is 0 Å². The number of nitrogens with two attached hydrogens (primary N) is 1. The fraction of sp³-hybridized carbons (Fsp3) is 0.480. The average Bonchev–Trinajstić information content (AvgIpc) is 3.34. The molecule has 1 aromatic heterocycles. The Balaban J connectivity index is 1.95. The molecule has 2 atom stereocenters. The first kappa shape index (κ1) is 31.4. The summed E-state index contributed by atoms with van der Waals surface area (Å²) >= 11 is 6.76. The van der Waals surface area contributed by atoms with Gasteiger partial charge in [0, 0.05) is 43.3 Å². The number of hydrogen-bond acceptors (Lipinski definition) is 9. The van der Waals surface area contributed by atoms with Crippen LogP contribution in [-0.4, -0.2) is 76.2 Å². The van der Waals surface area contributed by atoms with Crippen molar-refractivity contribution in [1.82, 2.24) is 20.5 Å². The number of likely N-dealkylation sites (tertiary alicyclic amines) is 1. The van der Waals surface area contributed by atoms with Crippen molar-refractivity contribution >= 4 is 51.9 Å². The lowest BCUT2D eigenvalue weighted by Gasteiger charge is -2.24. The van der Waals surface area contributed by atoms with E-state index in [9.17, 15) is 19.5 Å². The third-order valence-corrected chi connectivity index (χ3v) is 6.92. The number of nitrogens with zero attached hydrogens (tertiary/aromatic N) is 2. The predicted octanol–water partition coefficient (Wildman–Crippen LogP) is 1.99. The Morgan fingerprint density at radius 1 is 1.32 bits per heavy atom. The summed E-state index contributed by atoms with van der Waals surface area (Å²) in [6, 6.07) is 2.41. The monoisotopic (exact) mass is 565 g/mol. The molecule has 2 unspecified atom stereocenters. The summed E-state index contributed by atoms with van der Waals surface area (Å²) in [6.45, 7) is 7.45. The summed E-state index contributed by atoms with van der Waals surface area (Å²) in [5.41, 5.74) is 6.77. The fourth-order valence-electron chi connectivity index (χ4n) is 3.70. The smallest absolute Gasteiger partial charge is 0.314 e. The third-order valence-electron chi connectivity index (χ3n) is 5.71. The van der Waals surface area contributed by atoms with Crippen LogP contribution in [0.1, 0.15) is 39.0 Å². The molecule has 0 aromatic carbocycles. The largest absolute Gasteiger partial charge is 0.378 e. The molecule has 38 heavy (non-hydrogen) atoms. The molecule has 1 aliphatic rings. The van der Waals surface area contributed by atoms with Crippen molar-refractivity contribution in [2.24, 2.45) is 5.73 Å². The summed E-state index contributed by atoms with van der Waals surface area (Å²) in [7, 11) is 0. The lowest BCUT2D eigenvalue weighted by Crippen LogP contribution is -2.47. The predicted molar refractivity (Wildman–Crippen MR) is 151 cm³/mol. The van der Waals surface area contributed by atoms with Crippen LogP contribution in [0.3, 0.4) is 0 Å². The van der Waals surface area contributed by atoms with Crippen molar-refractivity contribution in [1.29, 1.82) is 5.41 Å². The molecule has 1 fully saturated rings. The molecule has 3 amide bonds. The van der Waals surface area contributed by atoms with Crippen molar-refractivity contribution in [2.75, 3.05) is 31.5 Å². The number of aromatic nitrogens is 1. The first-order valence-corrected chi connectivity index (χ1v) is 13.6. The van der Waals surface area contributed by atoms with Gasteiger partial charge in [0.2, 0.25) is 0 Å². The van der Waals surface area contributed by atoms with Gasteiger partial charge in [0.1, 0.15) is 12.0 Å². The van der Waals surface area contributed by atoms with E-state index in [-0.39, 0.29) is 24.0 Å². The van der Waals surface area contributed by atoms with E-state index >= 15 is 0 Å². The standard InChI is InChI=1S/C25H36ClN7O4S/c1-3-5-19(12-27)38-22(28)23(35)31-18(6-4-7-21(34)33-11-10-16(2)15-33)14-30-24(36)25(37)32-20-9-8-17(26)13-29-20/h5,8-9,13,18,21,28,34H,2-4,6-7,10-12,14-15,27H2,1H3,(H,30,36)(H,31,35)(H,29,32,37)/b19-5+,28-22?. The van der Waals surface area contributed by atoms with Gasteiger partial charge in [0.05, 0.1) is 5.02 Å². The van der Waals surface area contributed by atoms with Crippen LogP contribution in [0.2, 0.25) is 5.02 Å². The normalized spacial score (nSPS) is 15.6. The minimum Gasteiger partial charge on any atom is -0.378 e. The Morgan fingerprint density at radius 3 is 2.68 bits per heavy atom. The fourth-order valence-corrected chi connectivity index (χ4v) is 4.56. The minimum absolute atomic E-state index is 0.0465. The molecule has 7 N–H and O–H groups in total. The minimum atomic E-state index is -0.921. The van der Waals surface area contributed by atoms with Gasteiger partial charge in [-0.1, -0.05) is 48.5 Å². The maximum atomic E-state index is 12.7. The number of amides is 3. The van der Waals surface area contributed by atoms with Gasteiger partial charge in [-0.05, 0) is 44.2 Å². The number of anilines is 1. The molecule has 1 saturated heterocycles. The number of pyridine rings is 1. The average molecular weight is 566 g/mol. The second kappa shape index (κ2) is 16.2. The van der Waals surface area contributed by atoms with E-state index in [1.165, 1.54) is 18.3 Å². The van der Waals surface area contributed by atoms with E-state index in [1.807, 2.05) is 17.9 Å². The van der Waals surface area contributed by atoms with Crippen LogP contribution in [0.15, 0.2) is 41.5 Å². The number of thioether (sulfide) groups is 1. The van der Waals surface area contributed by atoms with Gasteiger partial charge < -0.3 is 26.8 Å². The molecule has 208 valence electrons. The van der Waals surface area contributed by atoms with E-state index in [0.717, 1.165) is 36.7 Å². The zero-order valence-corrected chi connectivity index (χ0v) is 23.0. The number of allylic oxidation sites excluding steroid dienone is 1. The Hall–Kier alpha value is -2.77. The van der Waals surface area contributed by atoms with Gasteiger partial charge in [-0.25, -0.2) is 4.98 Å². The van der Waals surface area contributed by atoms with E-state index in [1.54, 1.807) is 0 Å². The molecule has 0 saturated carbocycles. The number of nitrogens with one attached hydrogen (secondary N) is 4. The zero-order chi connectivity index (χ0) is 28.1. The molecule has 0 spiro atoms. The Labute approximate surface area is 232 Å². The summed E-state index contributed by atoms with van der Waals surface area (Å²) in [6.07, 6.45) is 5.53. The van der Waals surface area contributed by atoms with Gasteiger partial charge in [0.15, 0.2) is 5.04 Å². The van der Waals surface area contributed by atoms with Gasteiger partial charge >= 0.3 is 11.8 Å². The molecule has 1 aliphatic heterocycles. The van der Waals surface area contributed by atoms with E-state index in [0.29, 0.717) is 35.7 Å². The molecule has 0 bridgehead atoms. The molecule has 2 heterocycles. The van der Waals surface area contributed by atoms with Crippen LogP contribution < -0.4 is 21.7 Å². The van der Waals surface area contributed by atoms with Crippen LogP contribution in [-0.2, 0) is 14.4 Å². The SMILES string of the molecule is C=C1CCN(C(O)CCCC(CNC(=O)C(=O)Nc2ccc(Cl)cn2)NC(=O)C(=N)S/C(=C/CC)CN)C1. The lowest BCUT2D eigenvalue weighted by molar-refractivity contribution is -0.136. The molecule has 11 nitrogen and oxygen atoms in total. The quantitative estimate of drug-likeness (QED) is 0.0965. The third kappa shape index (κ3) is 10.9. The number of halogens is 1. The van der Waals surface area contributed by atoms with E-state index < -0.39 is 30.0 Å². The maximum absolute atomic E-state index is 12.7. The van der Waals surface area contributed by atoms with Crippen molar-refractivity contribution < 1.29 is 19.5 Å². The second-order valence-corrected chi connectivity index (χ2v) is 10.4. The van der Waals surface area contributed by atoms with Crippen LogP contribution in [0.5, 0.6) is 0 Å². The molecule has 1 aromatic rings. The number of carbonyl (C=O) groups is 3. The van der Waals surface area contributed by atoms with E-state index in [4.69, 9.17) is 22.7 Å². The van der Waals surface area contributed by atoms with E-state index in [2.05, 4.69) is 27.5 Å². The van der Waals surface area contributed by atoms with Crippen molar-refractivity contribution in [2.45, 2.75) is 51.3 Å². The Kier molecular flexibility index (Phi) is 13.4. The highest BCUT2D eigenvalue weighted by atomic mass is 35.5. The molecular formula is C25H36ClN7O4S. The maximum Gasteiger partial charge on any atom is 0.314 e. The first-order valence-electron chi connectivity index (χ1n) is 12.4. The summed E-state index contributed by atoms with van der Waals surface area (Å²) in [4.78, 5) is 43.9. The lowest BCUT2D eigenvalue weighted by atomic mass is 10.1. The number of hydrogen-bond donors (Lipinski definition) is 6. The number of aliphatic hydroxyl groups is 1. The Bertz CT molecular complexity index is 1040. The number of carbonyl (C=O) groups excluding carboxylic acids is 3. The summed E-state index contributed by atoms with van der Waals surface area (Å²) < 4.78 is 0. The van der Waals surface area contributed by atoms with Crippen LogP contribution in [0, 0.1) is 5.41 Å². The van der Waals surface area contributed by atoms with Gasteiger partial charge in [0.25, 0.3) is 5.91 Å². The summed E-state index contributed by atoms with van der Waals surface area (Å²) in [5, 5.41) is 26.4. The number of rotatable bonds is 12. The topological polar surface area (TPSA) is 174 Å². The van der Waals surface area contributed by atoms with Gasteiger partial charge in [-0.3, -0.25) is 24.7 Å². The molecular weight excluding hydrogens is 530 g/mol. The second-order valence-electron chi connectivity index (χ2n) is 8.79.